The number of morpholine rings is 1. The van der Waals surface area contributed by atoms with E-state index >= 15 is 0 Å². The van der Waals surface area contributed by atoms with Crippen molar-refractivity contribution in [2.24, 2.45) is 0 Å². The summed E-state index contributed by atoms with van der Waals surface area (Å²) in [6.45, 7) is 15.7. The van der Waals surface area contributed by atoms with E-state index < -0.39 is 0 Å². The van der Waals surface area contributed by atoms with Crippen molar-refractivity contribution in [2.75, 3.05) is 44.3 Å². The van der Waals surface area contributed by atoms with Crippen LogP contribution in [0.1, 0.15) is 52.6 Å². The molecule has 0 unspecified atom stereocenters. The van der Waals surface area contributed by atoms with Gasteiger partial charge in [-0.15, -0.1) is 0 Å². The van der Waals surface area contributed by atoms with Gasteiger partial charge in [-0.05, 0) is 81.6 Å². The molecule has 0 spiro atoms. The Labute approximate surface area is 246 Å². The lowest BCUT2D eigenvalue weighted by Crippen LogP contribution is -2.58. The number of carbonyl (C=O) groups excluding carboxylic acids is 1. The van der Waals surface area contributed by atoms with Crippen molar-refractivity contribution in [2.45, 2.75) is 53.2 Å². The van der Waals surface area contributed by atoms with Crippen LogP contribution >= 0.6 is 0 Å². The van der Waals surface area contributed by atoms with E-state index in [9.17, 15) is 9.59 Å². The van der Waals surface area contributed by atoms with Crippen LogP contribution in [-0.2, 0) is 11.3 Å². The van der Waals surface area contributed by atoms with Gasteiger partial charge in [0.2, 0.25) is 0 Å². The Bertz CT molecular complexity index is 1690. The summed E-state index contributed by atoms with van der Waals surface area (Å²) < 4.78 is 7.93. The molecule has 0 radical (unpaired) electrons. The zero-order chi connectivity index (χ0) is 29.5. The predicted molar refractivity (Wildman–Crippen MR) is 166 cm³/mol. The number of anilines is 1. The first-order valence-electron chi connectivity index (χ1n) is 14.9. The number of carbonyl (C=O) groups is 1. The van der Waals surface area contributed by atoms with Crippen LogP contribution in [0.5, 0.6) is 0 Å². The molecule has 6 rings (SSSR count). The third kappa shape index (κ3) is 5.34. The second kappa shape index (κ2) is 11.4. The number of nitrogens with one attached hydrogen (secondary N) is 2. The van der Waals surface area contributed by atoms with Crippen LogP contribution < -0.4 is 15.8 Å². The fourth-order valence-corrected chi connectivity index (χ4v) is 6.42. The number of amides is 1. The van der Waals surface area contributed by atoms with Crippen molar-refractivity contribution in [1.29, 1.82) is 0 Å². The van der Waals surface area contributed by atoms with Crippen molar-refractivity contribution in [3.8, 4) is 11.1 Å². The Kier molecular flexibility index (Phi) is 7.64. The van der Waals surface area contributed by atoms with Crippen LogP contribution in [0, 0.1) is 20.8 Å². The molecule has 2 fully saturated rings. The van der Waals surface area contributed by atoms with Gasteiger partial charge < -0.3 is 24.5 Å². The number of piperazine rings is 1. The molecule has 3 aromatic heterocycles. The number of H-pyrrole nitrogens is 1. The lowest BCUT2D eigenvalue weighted by molar-refractivity contribution is -0.0117. The first kappa shape index (κ1) is 28.2. The van der Waals surface area contributed by atoms with Crippen molar-refractivity contribution in [3.05, 3.63) is 81.0 Å². The third-order valence-electron chi connectivity index (χ3n) is 8.69. The summed E-state index contributed by atoms with van der Waals surface area (Å²) in [5, 5.41) is 3.95. The predicted octanol–water partition coefficient (Wildman–Crippen LogP) is 4.35. The van der Waals surface area contributed by atoms with E-state index in [0.29, 0.717) is 17.2 Å². The molecule has 9 nitrogen and oxygen atoms in total. The molecule has 0 aliphatic carbocycles. The van der Waals surface area contributed by atoms with Gasteiger partial charge >= 0.3 is 0 Å². The number of fused-ring (bicyclic) bond motifs is 2. The number of rotatable bonds is 6. The molecule has 0 bridgehead atoms. The molecule has 2 N–H and O–H groups in total. The molecular formula is C33H40N6O3. The average molecular weight is 569 g/mol. The summed E-state index contributed by atoms with van der Waals surface area (Å²) in [6.07, 6.45) is 4.02. The highest BCUT2D eigenvalue weighted by atomic mass is 16.5. The molecule has 2 aliphatic heterocycles. The largest absolute Gasteiger partial charge is 0.378 e. The summed E-state index contributed by atoms with van der Waals surface area (Å²) in [5.74, 6) is 0.756. The van der Waals surface area contributed by atoms with Crippen molar-refractivity contribution in [1.82, 2.24) is 24.8 Å². The van der Waals surface area contributed by atoms with E-state index in [1.165, 1.54) is 0 Å². The number of benzene rings is 1. The number of aryl methyl sites for hydroxylation is 3. The van der Waals surface area contributed by atoms with Crippen LogP contribution in [0.4, 0.5) is 5.82 Å². The maximum atomic E-state index is 13.7. The summed E-state index contributed by atoms with van der Waals surface area (Å²) in [6, 6.07) is 10.8. The number of nitrogens with zero attached hydrogens (tertiary/aromatic N) is 4. The average Bonchev–Trinajstić information content (AvgIpc) is 3.32. The first-order valence-corrected chi connectivity index (χ1v) is 14.9. The molecule has 2 aliphatic rings. The molecule has 2 saturated heterocycles. The smallest absolute Gasteiger partial charge is 0.253 e. The van der Waals surface area contributed by atoms with E-state index in [0.717, 1.165) is 84.1 Å². The SMILES string of the molecule is Cc1cc(C)c(CNC(=O)c2cc(-c3ccc(N4CCN5CCOC[C@@H]5C4)nc3)cc3c2c(C)cn3C(C)C)c(=O)[nH]1. The monoisotopic (exact) mass is 568 g/mol. The van der Waals surface area contributed by atoms with Gasteiger partial charge in [-0.3, -0.25) is 14.5 Å². The highest BCUT2D eigenvalue weighted by Crippen LogP contribution is 2.33. The Morgan fingerprint density at radius 1 is 1.10 bits per heavy atom. The molecule has 220 valence electrons. The van der Waals surface area contributed by atoms with Crippen LogP contribution in [0.25, 0.3) is 22.0 Å². The number of hydrogen-bond acceptors (Lipinski definition) is 6. The summed E-state index contributed by atoms with van der Waals surface area (Å²) >= 11 is 0. The van der Waals surface area contributed by atoms with E-state index in [1.54, 1.807) is 0 Å². The Morgan fingerprint density at radius 3 is 2.67 bits per heavy atom. The standard InChI is InChI=1S/C33H40N6O3/c1-20(2)39-17-22(4)31-27(32(40)35-16-28-21(3)12-23(5)36-33(28)41)13-25(14-29(31)39)24-6-7-30(34-15-24)38-9-8-37-10-11-42-19-26(37)18-38/h6-7,12-15,17,20,26H,8-11,16,18-19H2,1-5H3,(H,35,40)(H,36,41)/t26-/m0/s1. The maximum Gasteiger partial charge on any atom is 0.253 e. The van der Waals surface area contributed by atoms with Crippen LogP contribution in [0.3, 0.4) is 0 Å². The Morgan fingerprint density at radius 2 is 1.93 bits per heavy atom. The van der Waals surface area contributed by atoms with Crippen LogP contribution in [-0.4, -0.2) is 70.8 Å². The summed E-state index contributed by atoms with van der Waals surface area (Å²) in [7, 11) is 0. The van der Waals surface area contributed by atoms with Crippen LogP contribution in [0.15, 0.2) is 47.5 Å². The van der Waals surface area contributed by atoms with Crippen molar-refractivity contribution in [3.63, 3.8) is 0 Å². The van der Waals surface area contributed by atoms with Gasteiger partial charge in [0.25, 0.3) is 11.5 Å². The van der Waals surface area contributed by atoms with E-state index in [-0.39, 0.29) is 24.1 Å². The fraction of sp³-hybridized carbons (Fsp3) is 0.424. The van der Waals surface area contributed by atoms with Gasteiger partial charge in [0.1, 0.15) is 5.82 Å². The van der Waals surface area contributed by atoms with Gasteiger partial charge in [0.15, 0.2) is 0 Å². The zero-order valence-corrected chi connectivity index (χ0v) is 25.2. The van der Waals surface area contributed by atoms with Crippen molar-refractivity contribution < 1.29 is 9.53 Å². The molecule has 5 heterocycles. The van der Waals surface area contributed by atoms with Gasteiger partial charge in [-0.1, -0.05) is 0 Å². The van der Waals surface area contributed by atoms with Crippen LogP contribution in [0.2, 0.25) is 0 Å². The minimum absolute atomic E-state index is 0.158. The maximum absolute atomic E-state index is 13.7. The molecule has 1 amide bonds. The van der Waals surface area contributed by atoms with E-state index in [2.05, 4.69) is 62.9 Å². The van der Waals surface area contributed by atoms with Gasteiger partial charge in [-0.25, -0.2) is 4.98 Å². The molecule has 1 atom stereocenters. The molecule has 4 aromatic rings. The van der Waals surface area contributed by atoms with Gasteiger partial charge in [-0.2, -0.15) is 0 Å². The number of aromatic nitrogens is 3. The highest BCUT2D eigenvalue weighted by molar-refractivity contribution is 6.09. The minimum atomic E-state index is -0.206. The quantitative estimate of drug-likeness (QED) is 0.359. The van der Waals surface area contributed by atoms with Gasteiger partial charge in [0.05, 0.1) is 19.3 Å². The summed E-state index contributed by atoms with van der Waals surface area (Å²) in [5.41, 5.74) is 6.59. The fourth-order valence-electron chi connectivity index (χ4n) is 6.42. The summed E-state index contributed by atoms with van der Waals surface area (Å²) in [4.78, 5) is 38.9. The number of aromatic amines is 1. The lowest BCUT2D eigenvalue weighted by Gasteiger charge is -2.44. The number of ether oxygens (including phenoxy) is 1. The molecule has 42 heavy (non-hydrogen) atoms. The normalized spacial score (nSPS) is 17.6. The molecular weight excluding hydrogens is 528 g/mol. The zero-order valence-electron chi connectivity index (χ0n) is 25.2. The van der Waals surface area contributed by atoms with E-state index in [4.69, 9.17) is 9.72 Å². The first-order chi connectivity index (χ1) is 20.2. The van der Waals surface area contributed by atoms with Gasteiger partial charge in [0, 0.05) is 84.4 Å². The lowest BCUT2D eigenvalue weighted by atomic mass is 9.98. The van der Waals surface area contributed by atoms with Crippen molar-refractivity contribution >= 4 is 22.6 Å². The minimum Gasteiger partial charge on any atom is -0.378 e. The second-order valence-electron chi connectivity index (χ2n) is 12.0. The second-order valence-corrected chi connectivity index (χ2v) is 12.0. The third-order valence-corrected chi connectivity index (χ3v) is 8.69. The molecule has 0 saturated carbocycles. The molecule has 1 aromatic carbocycles. The number of pyridine rings is 2. The highest BCUT2D eigenvalue weighted by Gasteiger charge is 2.30. The topological polar surface area (TPSA) is 95.5 Å². The number of hydrogen-bond donors (Lipinski definition) is 2. The Hall–Kier alpha value is -3.95. The Balaban J connectivity index is 1.32. The van der Waals surface area contributed by atoms with E-state index in [1.807, 2.05) is 39.1 Å². The molecule has 9 heteroatoms.